The minimum absolute atomic E-state index is 0.713. The first-order valence-corrected chi connectivity index (χ1v) is 20.1. The number of thiophene rings is 5. The van der Waals surface area contributed by atoms with Gasteiger partial charge in [0.2, 0.25) is 0 Å². The molecule has 5 heterocycles. The molecule has 7 heteroatoms. The highest BCUT2D eigenvalue weighted by atomic mass is 32.1. The summed E-state index contributed by atoms with van der Waals surface area (Å²) in [6.07, 6.45) is 16.0. The van der Waals surface area contributed by atoms with Gasteiger partial charge in [-0.25, -0.2) is 0 Å². The maximum absolute atomic E-state index is 10.0. The first-order valence-electron chi connectivity index (χ1n) is 15.8. The fourth-order valence-corrected chi connectivity index (χ4v) is 10.3. The van der Waals surface area contributed by atoms with Crippen LogP contribution in [-0.2, 0) is 12.8 Å². The van der Waals surface area contributed by atoms with E-state index in [1.807, 2.05) is 46.4 Å². The Morgan fingerprint density at radius 2 is 1.11 bits per heavy atom. The third-order valence-corrected chi connectivity index (χ3v) is 13.0. The van der Waals surface area contributed by atoms with Crippen LogP contribution in [0, 0.1) is 22.7 Å². The molecule has 0 fully saturated rings. The number of hydrogen-bond acceptors (Lipinski definition) is 7. The van der Waals surface area contributed by atoms with Crippen LogP contribution < -0.4 is 0 Å². The standard InChI is InChI=1S/C38H38N2S5/c1-3-5-7-9-15-33-34(16-10-8-6-4-2)38(36-22-30(26-44-36)28(24-40)20-32-14-12-18-42-32)45-37(33)35-21-29(25-43-35)27(23-39)19-31-13-11-17-41-31/h11-14,17-22,25-26H,3-10,15-16H2,1-2H3/b27-19-,28-20-. The lowest BCUT2D eigenvalue weighted by Crippen LogP contribution is -1.95. The van der Waals surface area contributed by atoms with Crippen molar-refractivity contribution in [3.63, 3.8) is 0 Å². The zero-order valence-corrected chi connectivity index (χ0v) is 30.0. The maximum atomic E-state index is 10.0. The molecule has 0 unspecified atom stereocenters. The molecule has 2 nitrogen and oxygen atoms in total. The van der Waals surface area contributed by atoms with Crippen LogP contribution in [0.25, 0.3) is 42.8 Å². The van der Waals surface area contributed by atoms with E-state index >= 15 is 0 Å². The summed E-state index contributed by atoms with van der Waals surface area (Å²) in [6, 6.07) is 17.5. The van der Waals surface area contributed by atoms with Crippen molar-refractivity contribution in [2.24, 2.45) is 0 Å². The lowest BCUT2D eigenvalue weighted by atomic mass is 9.95. The van der Waals surface area contributed by atoms with Gasteiger partial charge in [-0.05, 0) is 94.7 Å². The van der Waals surface area contributed by atoms with E-state index in [0.29, 0.717) is 11.1 Å². The molecule has 0 aromatic carbocycles. The Morgan fingerprint density at radius 1 is 0.644 bits per heavy atom. The molecule has 230 valence electrons. The molecule has 45 heavy (non-hydrogen) atoms. The second-order valence-corrected chi connectivity index (χ2v) is 15.9. The highest BCUT2D eigenvalue weighted by Gasteiger charge is 2.23. The molecular formula is C38H38N2S5. The van der Waals surface area contributed by atoms with Crippen molar-refractivity contribution in [2.45, 2.75) is 78.1 Å². The highest BCUT2D eigenvalue weighted by molar-refractivity contribution is 7.26. The number of allylic oxidation sites excluding steroid dienone is 2. The monoisotopic (exact) mass is 682 g/mol. The van der Waals surface area contributed by atoms with Crippen molar-refractivity contribution in [3.05, 3.63) is 89.9 Å². The first-order chi connectivity index (χ1) is 22.1. The number of nitrogens with zero attached hydrogens (tertiary/aromatic N) is 2. The third kappa shape index (κ3) is 8.61. The van der Waals surface area contributed by atoms with Gasteiger partial charge in [-0.15, -0.1) is 56.7 Å². The minimum atomic E-state index is 0.713. The summed E-state index contributed by atoms with van der Waals surface area (Å²) in [5, 5.41) is 28.5. The number of rotatable bonds is 16. The molecule has 0 N–H and O–H groups in total. The Kier molecular flexibility index (Phi) is 12.6. The zero-order chi connectivity index (χ0) is 31.4. The van der Waals surface area contributed by atoms with Gasteiger partial charge in [0.05, 0.1) is 23.3 Å². The van der Waals surface area contributed by atoms with Gasteiger partial charge in [-0.3, -0.25) is 0 Å². The van der Waals surface area contributed by atoms with E-state index in [9.17, 15) is 10.5 Å². The molecule has 0 saturated carbocycles. The van der Waals surface area contributed by atoms with Crippen LogP contribution in [0.3, 0.4) is 0 Å². The van der Waals surface area contributed by atoms with Gasteiger partial charge in [0.25, 0.3) is 0 Å². The van der Waals surface area contributed by atoms with Crippen LogP contribution in [0.15, 0.2) is 57.9 Å². The van der Waals surface area contributed by atoms with E-state index in [1.54, 1.807) is 45.3 Å². The van der Waals surface area contributed by atoms with Crippen molar-refractivity contribution in [3.8, 4) is 31.6 Å². The molecule has 0 aliphatic carbocycles. The Hall–Kier alpha value is -3.04. The molecular weight excluding hydrogens is 645 g/mol. The zero-order valence-electron chi connectivity index (χ0n) is 25.9. The molecule has 0 spiro atoms. The summed E-state index contributed by atoms with van der Waals surface area (Å²) in [5.74, 6) is 0. The molecule has 5 aromatic rings. The fraction of sp³-hybridized carbons (Fsp3) is 0.316. The van der Waals surface area contributed by atoms with Crippen LogP contribution in [0.2, 0.25) is 0 Å². The maximum Gasteiger partial charge on any atom is 0.0998 e. The van der Waals surface area contributed by atoms with Gasteiger partial charge >= 0.3 is 0 Å². The van der Waals surface area contributed by atoms with Crippen molar-refractivity contribution in [2.75, 3.05) is 0 Å². The van der Waals surface area contributed by atoms with Gasteiger partial charge in [-0.2, -0.15) is 10.5 Å². The molecule has 5 rings (SSSR count). The summed E-state index contributed by atoms with van der Waals surface area (Å²) in [5.41, 5.74) is 6.43. The predicted octanol–water partition coefficient (Wildman–Crippen LogP) is 13.7. The summed E-state index contributed by atoms with van der Waals surface area (Å²) < 4.78 is 0. The normalized spacial score (nSPS) is 12.0. The minimum Gasteiger partial charge on any atom is -0.192 e. The van der Waals surface area contributed by atoms with E-state index in [-0.39, 0.29) is 0 Å². The van der Waals surface area contributed by atoms with Crippen molar-refractivity contribution in [1.29, 1.82) is 10.5 Å². The molecule has 0 bridgehead atoms. The molecule has 0 aliphatic heterocycles. The van der Waals surface area contributed by atoms with Crippen molar-refractivity contribution in [1.82, 2.24) is 0 Å². The molecule has 5 aromatic heterocycles. The van der Waals surface area contributed by atoms with Crippen LogP contribution in [-0.4, -0.2) is 0 Å². The Morgan fingerprint density at radius 3 is 1.49 bits per heavy atom. The largest absolute Gasteiger partial charge is 0.192 e. The van der Waals surface area contributed by atoms with Crippen LogP contribution in [0.5, 0.6) is 0 Å². The number of unbranched alkanes of at least 4 members (excludes halogenated alkanes) is 6. The predicted molar refractivity (Wildman–Crippen MR) is 202 cm³/mol. The SMILES string of the molecule is CCCCCCc1c(-c2cc(/C(C#N)=C\c3cccs3)cs2)sc(-c2cc(/C(C#N)=C\c3cccs3)cs2)c1CCCCCC. The molecule has 0 atom stereocenters. The van der Waals surface area contributed by atoms with Crippen molar-refractivity contribution < 1.29 is 0 Å². The fourth-order valence-electron chi connectivity index (χ4n) is 5.47. The van der Waals surface area contributed by atoms with E-state index < -0.39 is 0 Å². The van der Waals surface area contributed by atoms with Gasteiger partial charge in [0, 0.05) is 40.4 Å². The van der Waals surface area contributed by atoms with Crippen molar-refractivity contribution >= 4 is 80.0 Å². The third-order valence-electron chi connectivity index (χ3n) is 7.85. The topological polar surface area (TPSA) is 47.6 Å². The second kappa shape index (κ2) is 17.0. The van der Waals surface area contributed by atoms with Gasteiger partial charge < -0.3 is 0 Å². The lowest BCUT2D eigenvalue weighted by molar-refractivity contribution is 0.653. The van der Waals surface area contributed by atoms with Crippen LogP contribution in [0.4, 0.5) is 0 Å². The van der Waals surface area contributed by atoms with Crippen LogP contribution >= 0.6 is 56.7 Å². The summed E-state index contributed by atoms with van der Waals surface area (Å²) >= 11 is 8.74. The molecule has 0 saturated heterocycles. The molecule has 0 aliphatic rings. The summed E-state index contributed by atoms with van der Waals surface area (Å²) in [7, 11) is 0. The summed E-state index contributed by atoms with van der Waals surface area (Å²) in [6.45, 7) is 4.54. The Bertz CT molecular complexity index is 1660. The smallest absolute Gasteiger partial charge is 0.0998 e. The number of hydrogen-bond donors (Lipinski definition) is 0. The molecule has 0 radical (unpaired) electrons. The Labute approximate surface area is 288 Å². The second-order valence-electron chi connectivity index (χ2n) is 11.1. The van der Waals surface area contributed by atoms with E-state index in [2.05, 4.69) is 61.0 Å². The van der Waals surface area contributed by atoms with E-state index in [0.717, 1.165) is 33.7 Å². The lowest BCUT2D eigenvalue weighted by Gasteiger charge is -2.09. The van der Waals surface area contributed by atoms with E-state index in [1.165, 1.54) is 82.0 Å². The van der Waals surface area contributed by atoms with Crippen LogP contribution in [0.1, 0.15) is 97.2 Å². The quantitative estimate of drug-likeness (QED) is 0.0768. The van der Waals surface area contributed by atoms with Gasteiger partial charge in [-0.1, -0.05) is 64.5 Å². The van der Waals surface area contributed by atoms with Gasteiger partial charge in [0.1, 0.15) is 0 Å². The molecule has 0 amide bonds. The average Bonchev–Trinajstić information content (AvgIpc) is 3.89. The first kappa shape index (κ1) is 33.3. The Balaban J connectivity index is 1.57. The van der Waals surface area contributed by atoms with Gasteiger partial charge in [0.15, 0.2) is 0 Å². The summed E-state index contributed by atoms with van der Waals surface area (Å²) in [4.78, 5) is 7.42. The highest BCUT2D eigenvalue weighted by Crippen LogP contribution is 2.48. The van der Waals surface area contributed by atoms with E-state index in [4.69, 9.17) is 0 Å². The number of nitriles is 2. The average molecular weight is 683 g/mol.